The SMILES string of the molecule is Cc1cc(C)c(O)c(C=NCCN(CCN=Cc2cc(C)cc(C)c2O)CCN=Cc2cc(C)cc(C)c2O)c1. The van der Waals surface area contributed by atoms with Gasteiger partial charge in [-0.2, -0.15) is 0 Å². The molecule has 40 heavy (non-hydrogen) atoms. The van der Waals surface area contributed by atoms with Crippen molar-refractivity contribution >= 4 is 18.6 Å². The molecule has 3 N–H and O–H groups in total. The molecule has 3 rings (SSSR count). The minimum absolute atomic E-state index is 0.263. The minimum atomic E-state index is 0.263. The van der Waals surface area contributed by atoms with Gasteiger partial charge in [0.2, 0.25) is 0 Å². The van der Waals surface area contributed by atoms with Gasteiger partial charge >= 0.3 is 0 Å². The van der Waals surface area contributed by atoms with Gasteiger partial charge in [0.15, 0.2) is 0 Å². The van der Waals surface area contributed by atoms with Crippen molar-refractivity contribution in [1.82, 2.24) is 4.90 Å². The third kappa shape index (κ3) is 8.78. The predicted molar refractivity (Wildman–Crippen MR) is 167 cm³/mol. The van der Waals surface area contributed by atoms with Gasteiger partial charge in [0.1, 0.15) is 17.2 Å². The van der Waals surface area contributed by atoms with E-state index >= 15 is 0 Å². The second-order valence-electron chi connectivity index (χ2n) is 10.5. The van der Waals surface area contributed by atoms with E-state index in [4.69, 9.17) is 0 Å². The van der Waals surface area contributed by atoms with E-state index in [0.717, 1.165) is 50.1 Å². The Bertz CT molecular complexity index is 1240. The zero-order chi connectivity index (χ0) is 29.2. The smallest absolute Gasteiger partial charge is 0.127 e. The maximum Gasteiger partial charge on any atom is 0.127 e. The number of nitrogens with zero attached hydrogens (tertiary/aromatic N) is 4. The molecule has 3 aromatic carbocycles. The highest BCUT2D eigenvalue weighted by atomic mass is 16.3. The molecule has 3 aromatic rings. The molecule has 0 radical (unpaired) electrons. The van der Waals surface area contributed by atoms with Crippen LogP contribution in [-0.4, -0.2) is 78.1 Å². The Morgan fingerprint density at radius 3 is 1.05 bits per heavy atom. The molecule has 0 saturated carbocycles. The normalized spacial score (nSPS) is 12.1. The van der Waals surface area contributed by atoms with Crippen molar-refractivity contribution in [3.05, 3.63) is 86.5 Å². The summed E-state index contributed by atoms with van der Waals surface area (Å²) in [5.41, 5.74) is 7.92. The first-order valence-electron chi connectivity index (χ1n) is 13.7. The number of hydrogen-bond acceptors (Lipinski definition) is 7. The molecular formula is C33H42N4O3. The molecule has 0 aliphatic heterocycles. The van der Waals surface area contributed by atoms with Gasteiger partial charge in [-0.3, -0.25) is 19.9 Å². The number of aryl methyl sites for hydroxylation is 6. The zero-order valence-electron chi connectivity index (χ0n) is 24.6. The lowest BCUT2D eigenvalue weighted by Crippen LogP contribution is -2.31. The molecule has 0 heterocycles. The van der Waals surface area contributed by atoms with E-state index in [0.29, 0.717) is 39.3 Å². The predicted octanol–water partition coefficient (Wildman–Crippen LogP) is 5.61. The van der Waals surface area contributed by atoms with E-state index in [2.05, 4.69) is 19.9 Å². The van der Waals surface area contributed by atoms with Gasteiger partial charge in [-0.05, 0) is 93.1 Å². The molecule has 0 aliphatic carbocycles. The van der Waals surface area contributed by atoms with Gasteiger partial charge in [-0.25, -0.2) is 0 Å². The number of aromatic hydroxyl groups is 3. The summed E-state index contributed by atoms with van der Waals surface area (Å²) in [7, 11) is 0. The van der Waals surface area contributed by atoms with Crippen LogP contribution in [0.25, 0.3) is 0 Å². The summed E-state index contributed by atoms with van der Waals surface area (Å²) in [4.78, 5) is 16.0. The Morgan fingerprint density at radius 2 is 0.775 bits per heavy atom. The molecule has 0 atom stereocenters. The maximum absolute atomic E-state index is 10.3. The van der Waals surface area contributed by atoms with Crippen molar-refractivity contribution in [2.24, 2.45) is 15.0 Å². The highest BCUT2D eigenvalue weighted by Gasteiger charge is 2.07. The first-order valence-corrected chi connectivity index (χ1v) is 13.7. The third-order valence-corrected chi connectivity index (χ3v) is 6.75. The molecule has 0 saturated heterocycles. The molecule has 0 amide bonds. The molecule has 0 bridgehead atoms. The quantitative estimate of drug-likeness (QED) is 0.259. The van der Waals surface area contributed by atoms with Gasteiger partial charge in [-0.1, -0.05) is 18.2 Å². The Kier molecular flexibility index (Phi) is 11.0. The first-order chi connectivity index (χ1) is 19.0. The van der Waals surface area contributed by atoms with E-state index in [9.17, 15) is 15.3 Å². The summed E-state index contributed by atoms with van der Waals surface area (Å²) in [6, 6.07) is 11.6. The van der Waals surface area contributed by atoms with E-state index in [1.807, 2.05) is 77.9 Å². The minimum Gasteiger partial charge on any atom is -0.507 e. The number of rotatable bonds is 12. The van der Waals surface area contributed by atoms with Crippen LogP contribution in [-0.2, 0) is 0 Å². The van der Waals surface area contributed by atoms with Gasteiger partial charge in [-0.15, -0.1) is 0 Å². The summed E-state index contributed by atoms with van der Waals surface area (Å²) in [5, 5.41) is 31.0. The summed E-state index contributed by atoms with van der Waals surface area (Å²) < 4.78 is 0. The van der Waals surface area contributed by atoms with E-state index < -0.39 is 0 Å². The molecule has 0 aliphatic rings. The highest BCUT2D eigenvalue weighted by molar-refractivity contribution is 5.85. The average molecular weight is 543 g/mol. The molecule has 0 unspecified atom stereocenters. The fraction of sp³-hybridized carbons (Fsp3) is 0.364. The summed E-state index contributed by atoms with van der Waals surface area (Å²) in [6.07, 6.45) is 5.19. The lowest BCUT2D eigenvalue weighted by Gasteiger charge is -2.19. The van der Waals surface area contributed by atoms with Crippen molar-refractivity contribution < 1.29 is 15.3 Å². The number of benzene rings is 3. The molecule has 0 fully saturated rings. The number of aliphatic imine (C=N–C) groups is 3. The molecular weight excluding hydrogens is 500 g/mol. The standard InChI is InChI=1S/C33H42N4O3/c1-22-13-25(4)31(38)28(16-22)19-34-7-10-37(11-8-35-20-29-17-23(2)14-26(5)32(29)39)12-9-36-21-30-18-24(3)15-27(6)33(30)40/h13-21,38-40H,7-12H2,1-6H3. The number of phenolic OH excluding ortho intramolecular Hbond substituents is 3. The largest absolute Gasteiger partial charge is 0.507 e. The first kappa shape index (κ1) is 30.6. The lowest BCUT2D eigenvalue weighted by atomic mass is 10.1. The van der Waals surface area contributed by atoms with E-state index in [1.165, 1.54) is 0 Å². The van der Waals surface area contributed by atoms with Gasteiger partial charge < -0.3 is 15.3 Å². The van der Waals surface area contributed by atoms with Gasteiger partial charge in [0.05, 0.1) is 19.6 Å². The monoisotopic (exact) mass is 542 g/mol. The van der Waals surface area contributed by atoms with Crippen molar-refractivity contribution in [3.8, 4) is 17.2 Å². The second-order valence-corrected chi connectivity index (χ2v) is 10.5. The van der Waals surface area contributed by atoms with E-state index in [-0.39, 0.29) is 17.2 Å². The van der Waals surface area contributed by atoms with Gasteiger partial charge in [0, 0.05) is 55.0 Å². The lowest BCUT2D eigenvalue weighted by molar-refractivity contribution is 0.298. The summed E-state index contributed by atoms with van der Waals surface area (Å²) in [6.45, 7) is 15.5. The third-order valence-electron chi connectivity index (χ3n) is 6.75. The second kappa shape index (κ2) is 14.4. The van der Waals surface area contributed by atoms with Crippen LogP contribution in [0.3, 0.4) is 0 Å². The molecule has 0 aromatic heterocycles. The van der Waals surface area contributed by atoms with Crippen molar-refractivity contribution in [2.45, 2.75) is 41.5 Å². The van der Waals surface area contributed by atoms with Crippen LogP contribution in [0.5, 0.6) is 17.2 Å². The fourth-order valence-electron chi connectivity index (χ4n) is 4.70. The highest BCUT2D eigenvalue weighted by Crippen LogP contribution is 2.24. The topological polar surface area (TPSA) is 101 Å². The molecule has 0 spiro atoms. The number of phenols is 3. The Hall–Kier alpha value is -3.97. The molecule has 7 heteroatoms. The van der Waals surface area contributed by atoms with E-state index in [1.54, 1.807) is 18.6 Å². The van der Waals surface area contributed by atoms with Crippen LogP contribution in [0.1, 0.15) is 50.1 Å². The summed E-state index contributed by atoms with van der Waals surface area (Å²) in [5.74, 6) is 0.789. The van der Waals surface area contributed by atoms with Gasteiger partial charge in [0.25, 0.3) is 0 Å². The Balaban J connectivity index is 1.64. The zero-order valence-corrected chi connectivity index (χ0v) is 24.6. The Morgan fingerprint density at radius 1 is 0.500 bits per heavy atom. The number of hydrogen-bond donors (Lipinski definition) is 3. The van der Waals surface area contributed by atoms with Crippen molar-refractivity contribution in [1.29, 1.82) is 0 Å². The van der Waals surface area contributed by atoms with Crippen molar-refractivity contribution in [2.75, 3.05) is 39.3 Å². The van der Waals surface area contributed by atoms with Crippen LogP contribution in [0.15, 0.2) is 51.4 Å². The van der Waals surface area contributed by atoms with Crippen LogP contribution >= 0.6 is 0 Å². The molecule has 212 valence electrons. The average Bonchev–Trinajstić information content (AvgIpc) is 2.89. The van der Waals surface area contributed by atoms with Crippen molar-refractivity contribution in [3.63, 3.8) is 0 Å². The fourth-order valence-corrected chi connectivity index (χ4v) is 4.70. The van der Waals surface area contributed by atoms with Crippen LogP contribution in [0.4, 0.5) is 0 Å². The van der Waals surface area contributed by atoms with Crippen LogP contribution < -0.4 is 0 Å². The summed E-state index contributed by atoms with van der Waals surface area (Å²) >= 11 is 0. The van der Waals surface area contributed by atoms with Crippen LogP contribution in [0, 0.1) is 41.5 Å². The maximum atomic E-state index is 10.3. The molecule has 7 nitrogen and oxygen atoms in total. The van der Waals surface area contributed by atoms with Crippen LogP contribution in [0.2, 0.25) is 0 Å². The Labute approximate surface area is 238 Å².